The van der Waals surface area contributed by atoms with Crippen LogP contribution in [0.2, 0.25) is 0 Å². The highest BCUT2D eigenvalue weighted by Crippen LogP contribution is 2.51. The zero-order chi connectivity index (χ0) is 21.0. The highest BCUT2D eigenvalue weighted by Gasteiger charge is 2.47. The summed E-state index contributed by atoms with van der Waals surface area (Å²) >= 11 is 0. The number of amides is 1. The van der Waals surface area contributed by atoms with Gasteiger partial charge in [0.05, 0.1) is 11.4 Å². The Bertz CT molecular complexity index is 967. The van der Waals surface area contributed by atoms with Crippen molar-refractivity contribution in [2.45, 2.75) is 77.1 Å². The number of hydrogen-bond donors (Lipinski definition) is 0. The van der Waals surface area contributed by atoms with Gasteiger partial charge in [-0.1, -0.05) is 18.2 Å². The van der Waals surface area contributed by atoms with Crippen molar-refractivity contribution in [1.82, 2.24) is 4.90 Å². The summed E-state index contributed by atoms with van der Waals surface area (Å²) in [4.78, 5) is 17.3. The number of fused-ring (bicyclic) bond motifs is 4. The van der Waals surface area contributed by atoms with Gasteiger partial charge in [0.2, 0.25) is 0 Å². The van der Waals surface area contributed by atoms with Gasteiger partial charge >= 0.3 is 6.09 Å². The quantitative estimate of drug-likeness (QED) is 0.568. The first-order valence-electron chi connectivity index (χ1n) is 11.0. The van der Waals surface area contributed by atoms with Gasteiger partial charge in [-0.2, -0.15) is 0 Å². The number of aryl methyl sites for hydroxylation is 1. The third kappa shape index (κ3) is 3.30. The lowest BCUT2D eigenvalue weighted by Gasteiger charge is -2.45. The van der Waals surface area contributed by atoms with Gasteiger partial charge in [0.15, 0.2) is 11.5 Å². The number of benzene rings is 2. The molecule has 1 amide bonds. The molecule has 3 atom stereocenters. The summed E-state index contributed by atoms with van der Waals surface area (Å²) in [6.07, 6.45) is 3.82. The van der Waals surface area contributed by atoms with Crippen LogP contribution in [0.25, 0.3) is 0 Å². The van der Waals surface area contributed by atoms with Gasteiger partial charge in [-0.3, -0.25) is 0 Å². The van der Waals surface area contributed by atoms with Crippen LogP contribution < -0.4 is 9.64 Å². The number of hydrogen-bond acceptors (Lipinski definition) is 4. The summed E-state index contributed by atoms with van der Waals surface area (Å²) in [5.74, 6) is 1.81. The van der Waals surface area contributed by atoms with Crippen molar-refractivity contribution in [3.05, 3.63) is 48.0 Å². The molecule has 0 spiro atoms. The molecule has 30 heavy (non-hydrogen) atoms. The van der Waals surface area contributed by atoms with E-state index < -0.39 is 5.60 Å². The van der Waals surface area contributed by atoms with E-state index in [4.69, 9.17) is 9.47 Å². The minimum absolute atomic E-state index is 0.160. The van der Waals surface area contributed by atoms with E-state index in [1.165, 1.54) is 5.56 Å². The SMILES string of the molecule is Cc1ccc2c(c1)Oc1ccccc1N2C1C[C@H]2CC[C@@H](C1)N2C(=O)OC(C)(C)C. The first-order valence-corrected chi connectivity index (χ1v) is 11.0. The van der Waals surface area contributed by atoms with Gasteiger partial charge in [-0.15, -0.1) is 0 Å². The van der Waals surface area contributed by atoms with Gasteiger partial charge in [0.25, 0.3) is 0 Å². The van der Waals surface area contributed by atoms with Crippen LogP contribution in [0.15, 0.2) is 42.5 Å². The van der Waals surface area contributed by atoms with Gasteiger partial charge < -0.3 is 19.3 Å². The van der Waals surface area contributed by atoms with E-state index >= 15 is 0 Å². The number of carbonyl (C=O) groups is 1. The van der Waals surface area contributed by atoms with Crippen LogP contribution in [0.1, 0.15) is 52.0 Å². The van der Waals surface area contributed by atoms with Crippen LogP contribution in [0.3, 0.4) is 0 Å². The molecular formula is C25H30N2O3. The summed E-state index contributed by atoms with van der Waals surface area (Å²) in [5, 5.41) is 0. The Morgan fingerprint density at radius 2 is 1.63 bits per heavy atom. The van der Waals surface area contributed by atoms with E-state index in [1.54, 1.807) is 0 Å². The Labute approximate surface area is 178 Å². The largest absolute Gasteiger partial charge is 0.453 e. The molecule has 2 aromatic carbocycles. The molecule has 3 aliphatic heterocycles. The zero-order valence-electron chi connectivity index (χ0n) is 18.2. The molecule has 5 nitrogen and oxygen atoms in total. The fourth-order valence-corrected chi connectivity index (χ4v) is 5.26. The standard InChI is InChI=1S/C25H30N2O3/c1-16-9-12-21-23(13-16)29-22-8-6-5-7-20(22)27(21)19-14-17-10-11-18(15-19)26(17)24(28)30-25(2,3)4/h5-9,12-13,17-19H,10-11,14-15H2,1-4H3/t17-,18+,19?. The number of ether oxygens (including phenoxy) is 2. The number of rotatable bonds is 1. The van der Waals surface area contributed by atoms with E-state index in [1.807, 2.05) is 37.8 Å². The van der Waals surface area contributed by atoms with Gasteiger partial charge in [-0.25, -0.2) is 4.79 Å². The van der Waals surface area contributed by atoms with Gasteiger partial charge in [-0.05, 0) is 83.2 Å². The molecule has 2 bridgehead atoms. The first kappa shape index (κ1) is 19.3. The number of nitrogens with zero attached hydrogens (tertiary/aromatic N) is 2. The van der Waals surface area contributed by atoms with Gasteiger partial charge in [0, 0.05) is 18.1 Å². The Balaban J connectivity index is 1.46. The van der Waals surface area contributed by atoms with Crippen molar-refractivity contribution in [2.24, 2.45) is 0 Å². The van der Waals surface area contributed by atoms with E-state index in [0.717, 1.165) is 48.6 Å². The van der Waals surface area contributed by atoms with E-state index in [-0.39, 0.29) is 18.2 Å². The predicted molar refractivity (Wildman–Crippen MR) is 118 cm³/mol. The smallest absolute Gasteiger partial charge is 0.410 e. The van der Waals surface area contributed by atoms with Crippen molar-refractivity contribution in [1.29, 1.82) is 0 Å². The molecule has 2 aromatic rings. The first-order chi connectivity index (χ1) is 14.3. The fraction of sp³-hybridized carbons (Fsp3) is 0.480. The van der Waals surface area contributed by atoms with Crippen molar-refractivity contribution >= 4 is 17.5 Å². The second-order valence-electron chi connectivity index (χ2n) is 9.81. The molecule has 0 saturated carbocycles. The van der Waals surface area contributed by atoms with Crippen molar-refractivity contribution in [2.75, 3.05) is 4.90 Å². The zero-order valence-corrected chi connectivity index (χ0v) is 18.2. The van der Waals surface area contributed by atoms with Crippen LogP contribution in [-0.2, 0) is 4.74 Å². The molecule has 3 heterocycles. The lowest BCUT2D eigenvalue weighted by atomic mass is 9.94. The molecule has 5 rings (SSSR count). The lowest BCUT2D eigenvalue weighted by Crippen LogP contribution is -2.53. The fourth-order valence-electron chi connectivity index (χ4n) is 5.26. The molecule has 0 aromatic heterocycles. The Hall–Kier alpha value is -2.69. The Morgan fingerprint density at radius 1 is 0.967 bits per heavy atom. The second kappa shape index (κ2) is 6.93. The molecule has 3 aliphatic rings. The summed E-state index contributed by atoms with van der Waals surface area (Å²) in [5.41, 5.74) is 2.96. The molecule has 0 N–H and O–H groups in total. The molecule has 0 radical (unpaired) electrons. The summed E-state index contributed by atoms with van der Waals surface area (Å²) in [6, 6.07) is 15.5. The second-order valence-corrected chi connectivity index (χ2v) is 9.81. The minimum atomic E-state index is -0.465. The highest BCUT2D eigenvalue weighted by atomic mass is 16.6. The van der Waals surface area contributed by atoms with Crippen molar-refractivity contribution in [3.63, 3.8) is 0 Å². The third-order valence-electron chi connectivity index (χ3n) is 6.40. The molecular weight excluding hydrogens is 376 g/mol. The normalized spacial score (nSPS) is 24.7. The van der Waals surface area contributed by atoms with Gasteiger partial charge in [0.1, 0.15) is 5.60 Å². The topological polar surface area (TPSA) is 42.0 Å². The Morgan fingerprint density at radius 3 is 2.33 bits per heavy atom. The van der Waals surface area contributed by atoms with Crippen LogP contribution in [0.4, 0.5) is 16.2 Å². The molecule has 158 valence electrons. The van der Waals surface area contributed by atoms with Crippen LogP contribution >= 0.6 is 0 Å². The summed E-state index contributed by atoms with van der Waals surface area (Å²) in [7, 11) is 0. The number of para-hydroxylation sites is 2. The van der Waals surface area contributed by atoms with Crippen molar-refractivity contribution in [3.8, 4) is 11.5 Å². The maximum Gasteiger partial charge on any atom is 0.410 e. The van der Waals surface area contributed by atoms with Crippen molar-refractivity contribution < 1.29 is 14.3 Å². The number of anilines is 2. The monoisotopic (exact) mass is 406 g/mol. The van der Waals surface area contributed by atoms with Crippen LogP contribution in [-0.4, -0.2) is 34.7 Å². The average Bonchev–Trinajstić information content (AvgIpc) is 2.95. The molecule has 2 saturated heterocycles. The molecule has 0 aliphatic carbocycles. The summed E-state index contributed by atoms with van der Waals surface area (Å²) < 4.78 is 12.0. The van der Waals surface area contributed by atoms with E-state index in [9.17, 15) is 4.79 Å². The third-order valence-corrected chi connectivity index (χ3v) is 6.40. The molecule has 5 heteroatoms. The predicted octanol–water partition coefficient (Wildman–Crippen LogP) is 6.17. The highest BCUT2D eigenvalue weighted by molar-refractivity contribution is 5.79. The summed E-state index contributed by atoms with van der Waals surface area (Å²) in [6.45, 7) is 7.89. The van der Waals surface area contributed by atoms with E-state index in [2.05, 4.69) is 42.2 Å². The average molecular weight is 407 g/mol. The van der Waals surface area contributed by atoms with Crippen LogP contribution in [0.5, 0.6) is 11.5 Å². The number of piperidine rings is 1. The maximum atomic E-state index is 12.9. The van der Waals surface area contributed by atoms with E-state index in [0.29, 0.717) is 6.04 Å². The Kier molecular flexibility index (Phi) is 4.46. The molecule has 2 fully saturated rings. The lowest BCUT2D eigenvalue weighted by molar-refractivity contribution is 0.00613. The van der Waals surface area contributed by atoms with Crippen LogP contribution in [0, 0.1) is 6.92 Å². The maximum absolute atomic E-state index is 12.9. The number of carbonyl (C=O) groups excluding carboxylic acids is 1. The molecule has 1 unspecified atom stereocenters. The minimum Gasteiger partial charge on any atom is -0.453 e.